The number of azo groups is 1. The van der Waals surface area contributed by atoms with E-state index < -0.39 is 32.4 Å². The van der Waals surface area contributed by atoms with Crippen LogP contribution >= 0.6 is 12.0 Å². The van der Waals surface area contributed by atoms with E-state index in [2.05, 4.69) is 24.9 Å². The molecule has 12 nitrogen and oxygen atoms in total. The van der Waals surface area contributed by atoms with Crippen molar-refractivity contribution in [3.63, 3.8) is 0 Å². The van der Waals surface area contributed by atoms with Crippen molar-refractivity contribution in [1.29, 1.82) is 0 Å². The van der Waals surface area contributed by atoms with Gasteiger partial charge >= 0.3 is 0 Å². The summed E-state index contributed by atoms with van der Waals surface area (Å²) in [5.74, 6) is -0.584. The van der Waals surface area contributed by atoms with E-state index in [0.717, 1.165) is 6.07 Å². The average molecular weight is 495 g/mol. The van der Waals surface area contributed by atoms with Gasteiger partial charge in [0.15, 0.2) is 5.75 Å². The molecule has 0 atom stereocenters. The number of phenols is 1. The minimum Gasteiger partial charge on any atom is -0.505 e. The first kappa shape index (κ1) is 24.4. The molecule has 33 heavy (non-hydrogen) atoms. The number of hydrogen-bond acceptors (Lipinski definition) is 11. The number of carbonyl (C=O) groups excluding carboxylic acids is 1. The number of ether oxygens (including phenoxy) is 1. The van der Waals surface area contributed by atoms with Gasteiger partial charge in [-0.15, -0.1) is 9.45 Å². The number of hydrogen-bond donors (Lipinski definition) is 4. The summed E-state index contributed by atoms with van der Waals surface area (Å²) in [5, 5.41) is 33.2. The smallest absolute Gasteiger partial charge is 0.296 e. The van der Waals surface area contributed by atoms with Crippen molar-refractivity contribution in [2.24, 2.45) is 10.2 Å². The Morgan fingerprint density at radius 2 is 1.82 bits per heavy atom. The molecular weight excluding hydrogens is 478 g/mol. The maximum atomic E-state index is 12.0. The lowest BCUT2D eigenvalue weighted by atomic mass is 10.1. The van der Waals surface area contributed by atoms with Crippen molar-refractivity contribution in [1.82, 2.24) is 0 Å². The molecule has 0 spiro atoms. The fourth-order valence-corrected chi connectivity index (χ4v) is 4.01. The third-order valence-electron chi connectivity index (χ3n) is 4.21. The molecule has 174 valence electrons. The lowest BCUT2D eigenvalue weighted by Gasteiger charge is -2.14. The lowest BCUT2D eigenvalue weighted by molar-refractivity contribution is -0.432. The van der Waals surface area contributed by atoms with Crippen LogP contribution in [0.5, 0.6) is 11.5 Å². The maximum absolute atomic E-state index is 12.0. The SMILES string of the molecule is COc1ccc(N=Nc2c(S(=O)(=O)O)cc3cc(SOOO)cc(NC(C)=O)c3c2O)cc1. The Morgan fingerprint density at radius 1 is 1.12 bits per heavy atom. The van der Waals surface area contributed by atoms with Gasteiger partial charge in [-0.3, -0.25) is 9.35 Å². The molecule has 3 aromatic carbocycles. The van der Waals surface area contributed by atoms with Gasteiger partial charge in [0.05, 0.1) is 30.5 Å². The fraction of sp³-hybridized carbons (Fsp3) is 0.105. The Hall–Kier alpha value is -3.27. The van der Waals surface area contributed by atoms with Gasteiger partial charge in [-0.05, 0) is 47.9 Å². The topological polar surface area (TPSA) is 176 Å². The van der Waals surface area contributed by atoms with E-state index in [4.69, 9.17) is 9.99 Å². The van der Waals surface area contributed by atoms with Crippen LogP contribution in [-0.4, -0.2) is 36.4 Å². The monoisotopic (exact) mass is 495 g/mol. The zero-order chi connectivity index (χ0) is 24.2. The second kappa shape index (κ2) is 10.1. The molecule has 4 N–H and O–H groups in total. The summed E-state index contributed by atoms with van der Waals surface area (Å²) in [6.45, 7) is 1.23. The number of anilines is 1. The van der Waals surface area contributed by atoms with Crippen LogP contribution in [-0.2, 0) is 24.3 Å². The van der Waals surface area contributed by atoms with E-state index in [0.29, 0.717) is 23.5 Å². The zero-order valence-electron chi connectivity index (χ0n) is 17.0. The maximum Gasteiger partial charge on any atom is 0.296 e. The number of aromatic hydroxyl groups is 1. The summed E-state index contributed by atoms with van der Waals surface area (Å²) < 4.78 is 43.2. The van der Waals surface area contributed by atoms with Crippen LogP contribution in [0.1, 0.15) is 6.92 Å². The summed E-state index contributed by atoms with van der Waals surface area (Å²) in [6.07, 6.45) is 0. The summed E-state index contributed by atoms with van der Waals surface area (Å²) in [4.78, 5) is 11.2. The van der Waals surface area contributed by atoms with Crippen LogP contribution in [0.2, 0.25) is 0 Å². The van der Waals surface area contributed by atoms with E-state index in [1.165, 1.54) is 26.2 Å². The number of methoxy groups -OCH3 is 1. The Kier molecular flexibility index (Phi) is 7.47. The second-order valence-electron chi connectivity index (χ2n) is 6.42. The normalized spacial score (nSPS) is 11.8. The molecule has 0 aromatic heterocycles. The first-order valence-electron chi connectivity index (χ1n) is 8.93. The molecule has 0 unspecified atom stereocenters. The molecule has 0 saturated carbocycles. The van der Waals surface area contributed by atoms with Crippen LogP contribution in [0.25, 0.3) is 10.8 Å². The molecule has 0 heterocycles. The molecule has 0 aliphatic heterocycles. The minimum atomic E-state index is -4.85. The lowest BCUT2D eigenvalue weighted by Crippen LogP contribution is -2.07. The van der Waals surface area contributed by atoms with Crippen molar-refractivity contribution in [2.75, 3.05) is 12.4 Å². The van der Waals surface area contributed by atoms with Gasteiger partial charge in [-0.2, -0.15) is 13.5 Å². The summed E-state index contributed by atoms with van der Waals surface area (Å²) in [7, 11) is -3.36. The molecular formula is C19H17N3O9S2. The predicted molar refractivity (Wildman–Crippen MR) is 118 cm³/mol. The van der Waals surface area contributed by atoms with Gasteiger partial charge in [0.1, 0.15) is 16.3 Å². The number of benzene rings is 3. The zero-order valence-corrected chi connectivity index (χ0v) is 18.7. The van der Waals surface area contributed by atoms with Gasteiger partial charge in [0, 0.05) is 17.2 Å². The molecule has 0 radical (unpaired) electrons. The highest BCUT2D eigenvalue weighted by molar-refractivity contribution is 7.94. The van der Waals surface area contributed by atoms with Gasteiger partial charge in [0.2, 0.25) is 5.91 Å². The third kappa shape index (κ3) is 5.75. The molecule has 0 aliphatic carbocycles. The fourth-order valence-electron chi connectivity index (χ4n) is 2.90. The van der Waals surface area contributed by atoms with Crippen molar-refractivity contribution >= 4 is 55.9 Å². The Balaban J connectivity index is 2.25. The molecule has 0 aliphatic rings. The van der Waals surface area contributed by atoms with Crippen LogP contribution in [0, 0.1) is 0 Å². The Morgan fingerprint density at radius 3 is 2.39 bits per heavy atom. The predicted octanol–water partition coefficient (Wildman–Crippen LogP) is 4.60. The summed E-state index contributed by atoms with van der Waals surface area (Å²) in [5.41, 5.74) is -0.154. The summed E-state index contributed by atoms with van der Waals surface area (Å²) in [6, 6.07) is 10.1. The Labute approximate surface area is 191 Å². The third-order valence-corrected chi connectivity index (χ3v) is 5.63. The van der Waals surface area contributed by atoms with Gasteiger partial charge in [-0.1, -0.05) is 5.04 Å². The van der Waals surface area contributed by atoms with Gasteiger partial charge < -0.3 is 15.2 Å². The van der Waals surface area contributed by atoms with Gasteiger partial charge in [0.25, 0.3) is 10.1 Å². The molecule has 3 aromatic rings. The van der Waals surface area contributed by atoms with Crippen LogP contribution in [0.15, 0.2) is 62.5 Å². The van der Waals surface area contributed by atoms with Crippen molar-refractivity contribution < 1.29 is 42.2 Å². The van der Waals surface area contributed by atoms with E-state index in [-0.39, 0.29) is 21.4 Å². The number of amides is 1. The second-order valence-corrected chi connectivity index (χ2v) is 8.59. The number of nitrogens with zero attached hydrogens (tertiary/aromatic N) is 2. The quantitative estimate of drug-likeness (QED) is 0.113. The van der Waals surface area contributed by atoms with Gasteiger partial charge in [-0.25, -0.2) is 5.26 Å². The molecule has 0 fully saturated rings. The summed E-state index contributed by atoms with van der Waals surface area (Å²) >= 11 is 0.541. The van der Waals surface area contributed by atoms with Crippen LogP contribution in [0.3, 0.4) is 0 Å². The van der Waals surface area contributed by atoms with E-state index in [9.17, 15) is 22.9 Å². The van der Waals surface area contributed by atoms with Crippen molar-refractivity contribution in [2.45, 2.75) is 16.7 Å². The first-order valence-corrected chi connectivity index (χ1v) is 11.1. The van der Waals surface area contributed by atoms with E-state index in [1.807, 2.05) is 0 Å². The highest BCUT2D eigenvalue weighted by Crippen LogP contribution is 2.45. The van der Waals surface area contributed by atoms with Crippen LogP contribution < -0.4 is 10.1 Å². The Bertz CT molecular complexity index is 1330. The molecule has 0 bridgehead atoms. The van der Waals surface area contributed by atoms with Crippen molar-refractivity contribution in [3.8, 4) is 11.5 Å². The van der Waals surface area contributed by atoms with E-state index in [1.54, 1.807) is 24.3 Å². The molecule has 14 heteroatoms. The van der Waals surface area contributed by atoms with Crippen LogP contribution in [0.4, 0.5) is 17.1 Å². The molecule has 1 amide bonds. The number of carbonyl (C=O) groups is 1. The largest absolute Gasteiger partial charge is 0.505 e. The highest BCUT2D eigenvalue weighted by atomic mass is 32.2. The highest BCUT2D eigenvalue weighted by Gasteiger charge is 2.24. The number of fused-ring (bicyclic) bond motifs is 1. The van der Waals surface area contributed by atoms with E-state index >= 15 is 0 Å². The number of rotatable bonds is 8. The number of nitrogens with one attached hydrogen (secondary N) is 1. The molecule has 3 rings (SSSR count). The standard InChI is InChI=1S/C19H17N3O9S2/c1-10(23)20-15-9-14(32-31-30-25)7-11-8-16(33(26,27)28)18(19(24)17(11)15)22-21-12-3-5-13(29-2)6-4-12/h3-9,24-25H,1-2H3,(H,20,23)(H,26,27,28). The molecule has 0 saturated heterocycles. The number of phenolic OH excluding ortho intramolecular Hbond substituents is 1. The first-order chi connectivity index (χ1) is 15.6. The average Bonchev–Trinajstić information content (AvgIpc) is 2.76. The van der Waals surface area contributed by atoms with Crippen molar-refractivity contribution in [3.05, 3.63) is 42.5 Å². The minimum absolute atomic E-state index is 0.0237.